The molecule has 0 aliphatic rings. The molecule has 2 N–H and O–H groups in total. The second-order valence-electron chi connectivity index (χ2n) is 5.40. The molecule has 0 fully saturated rings. The molecule has 0 unspecified atom stereocenters. The van der Waals surface area contributed by atoms with E-state index in [2.05, 4.69) is 10.3 Å². The molecule has 2 heterocycles. The van der Waals surface area contributed by atoms with Gasteiger partial charge in [0.25, 0.3) is 5.91 Å². The third kappa shape index (κ3) is 2.74. The molecule has 0 spiro atoms. The SMILES string of the molecule is Cc1cc(C(=O)Nc2ncccc2O)c(C)n1-c1ccccc1F. The van der Waals surface area contributed by atoms with Crippen molar-refractivity contribution in [3.05, 3.63) is 71.4 Å². The van der Waals surface area contributed by atoms with Crippen LogP contribution in [0.15, 0.2) is 48.7 Å². The number of carbonyl (C=O) groups excluding carboxylic acids is 1. The van der Waals surface area contributed by atoms with Crippen LogP contribution >= 0.6 is 0 Å². The molecular weight excluding hydrogens is 309 g/mol. The molecule has 24 heavy (non-hydrogen) atoms. The Balaban J connectivity index is 1.99. The average Bonchev–Trinajstić information content (AvgIpc) is 2.85. The van der Waals surface area contributed by atoms with Gasteiger partial charge in [-0.15, -0.1) is 0 Å². The summed E-state index contributed by atoms with van der Waals surface area (Å²) < 4.78 is 15.8. The van der Waals surface area contributed by atoms with E-state index in [0.717, 1.165) is 5.69 Å². The van der Waals surface area contributed by atoms with Gasteiger partial charge in [0, 0.05) is 17.6 Å². The number of amides is 1. The highest BCUT2D eigenvalue weighted by Crippen LogP contribution is 2.25. The molecule has 0 saturated carbocycles. The van der Waals surface area contributed by atoms with Crippen LogP contribution in [0.5, 0.6) is 5.75 Å². The maximum atomic E-state index is 14.1. The third-order valence-corrected chi connectivity index (χ3v) is 3.79. The summed E-state index contributed by atoms with van der Waals surface area (Å²) in [5.41, 5.74) is 2.10. The van der Waals surface area contributed by atoms with Gasteiger partial charge < -0.3 is 15.0 Å². The molecule has 0 atom stereocenters. The molecule has 6 heteroatoms. The lowest BCUT2D eigenvalue weighted by Crippen LogP contribution is -2.14. The Morgan fingerprint density at radius 3 is 2.67 bits per heavy atom. The van der Waals surface area contributed by atoms with Crippen LogP contribution in [0.3, 0.4) is 0 Å². The number of benzene rings is 1. The summed E-state index contributed by atoms with van der Waals surface area (Å²) in [5.74, 6) is -0.819. The minimum Gasteiger partial charge on any atom is -0.504 e. The summed E-state index contributed by atoms with van der Waals surface area (Å²) in [6.45, 7) is 3.54. The smallest absolute Gasteiger partial charge is 0.258 e. The summed E-state index contributed by atoms with van der Waals surface area (Å²) in [6, 6.07) is 11.1. The number of halogens is 1. The van der Waals surface area contributed by atoms with Gasteiger partial charge in [-0.05, 0) is 44.2 Å². The van der Waals surface area contributed by atoms with Crippen LogP contribution in [-0.4, -0.2) is 20.6 Å². The number of pyridine rings is 1. The second-order valence-corrected chi connectivity index (χ2v) is 5.40. The number of hydrogen-bond donors (Lipinski definition) is 2. The zero-order valence-corrected chi connectivity index (χ0v) is 13.2. The molecule has 2 aromatic heterocycles. The highest BCUT2D eigenvalue weighted by atomic mass is 19.1. The van der Waals surface area contributed by atoms with E-state index in [1.54, 1.807) is 48.7 Å². The zero-order valence-electron chi connectivity index (χ0n) is 13.2. The number of aromatic hydroxyl groups is 1. The van der Waals surface area contributed by atoms with Gasteiger partial charge in [0.05, 0.1) is 11.3 Å². The van der Waals surface area contributed by atoms with Crippen LogP contribution in [0.2, 0.25) is 0 Å². The van der Waals surface area contributed by atoms with Gasteiger partial charge in [0.15, 0.2) is 11.6 Å². The number of anilines is 1. The van der Waals surface area contributed by atoms with Crippen molar-refractivity contribution in [2.45, 2.75) is 13.8 Å². The minimum absolute atomic E-state index is 0.0817. The number of carbonyl (C=O) groups is 1. The van der Waals surface area contributed by atoms with Crippen molar-refractivity contribution in [1.29, 1.82) is 0 Å². The lowest BCUT2D eigenvalue weighted by molar-refractivity contribution is 0.102. The van der Waals surface area contributed by atoms with Gasteiger partial charge >= 0.3 is 0 Å². The molecule has 3 rings (SSSR count). The first-order valence-corrected chi connectivity index (χ1v) is 7.38. The summed E-state index contributed by atoms with van der Waals surface area (Å²) in [5, 5.41) is 12.3. The van der Waals surface area contributed by atoms with Crippen molar-refractivity contribution in [1.82, 2.24) is 9.55 Å². The van der Waals surface area contributed by atoms with Gasteiger partial charge in [-0.2, -0.15) is 0 Å². The number of aryl methyl sites for hydroxylation is 1. The molecular formula is C18H16FN3O2. The van der Waals surface area contributed by atoms with Crippen LogP contribution < -0.4 is 5.32 Å². The van der Waals surface area contributed by atoms with E-state index in [-0.39, 0.29) is 17.4 Å². The molecule has 122 valence electrons. The summed E-state index contributed by atoms with van der Waals surface area (Å²) in [7, 11) is 0. The number of aromatic nitrogens is 2. The topological polar surface area (TPSA) is 67.2 Å². The van der Waals surface area contributed by atoms with Crippen molar-refractivity contribution in [2.75, 3.05) is 5.32 Å². The first-order chi connectivity index (χ1) is 11.5. The summed E-state index contributed by atoms with van der Waals surface area (Å²) in [6.07, 6.45) is 1.47. The van der Waals surface area contributed by atoms with Crippen LogP contribution in [-0.2, 0) is 0 Å². The van der Waals surface area contributed by atoms with Crippen LogP contribution in [0.1, 0.15) is 21.7 Å². The molecule has 0 bridgehead atoms. The quantitative estimate of drug-likeness (QED) is 0.773. The van der Waals surface area contributed by atoms with Gasteiger partial charge in [-0.3, -0.25) is 4.79 Å². The maximum absolute atomic E-state index is 14.1. The van der Waals surface area contributed by atoms with Crippen molar-refractivity contribution in [2.24, 2.45) is 0 Å². The molecule has 1 amide bonds. The molecule has 3 aromatic rings. The Bertz CT molecular complexity index is 918. The standard InChI is InChI=1S/C18H16FN3O2/c1-11-10-13(18(24)21-17-16(23)8-5-9-20-17)12(2)22(11)15-7-4-3-6-14(15)19/h3-10,23H,1-2H3,(H,20,21,24). The fourth-order valence-electron chi connectivity index (χ4n) is 2.66. The molecule has 5 nitrogen and oxygen atoms in total. The van der Waals surface area contributed by atoms with Crippen molar-refractivity contribution < 1.29 is 14.3 Å². The number of hydrogen-bond acceptors (Lipinski definition) is 3. The number of nitrogens with zero attached hydrogens (tertiary/aromatic N) is 2. The highest BCUT2D eigenvalue weighted by molar-refractivity contribution is 6.05. The minimum atomic E-state index is -0.417. The maximum Gasteiger partial charge on any atom is 0.258 e. The summed E-state index contributed by atoms with van der Waals surface area (Å²) in [4.78, 5) is 16.4. The van der Waals surface area contributed by atoms with E-state index in [1.807, 2.05) is 0 Å². The molecule has 1 aromatic carbocycles. The van der Waals surface area contributed by atoms with E-state index in [9.17, 15) is 14.3 Å². The molecule has 0 saturated heterocycles. The van der Waals surface area contributed by atoms with Crippen molar-refractivity contribution in [3.63, 3.8) is 0 Å². The van der Waals surface area contributed by atoms with E-state index >= 15 is 0 Å². The fraction of sp³-hybridized carbons (Fsp3) is 0.111. The molecule has 0 aliphatic carbocycles. The van der Waals surface area contributed by atoms with E-state index in [0.29, 0.717) is 16.9 Å². The largest absolute Gasteiger partial charge is 0.504 e. The number of nitrogens with one attached hydrogen (secondary N) is 1. The van der Waals surface area contributed by atoms with E-state index in [1.165, 1.54) is 18.3 Å². The lowest BCUT2D eigenvalue weighted by Gasteiger charge is -2.11. The molecule has 0 radical (unpaired) electrons. The fourth-order valence-corrected chi connectivity index (χ4v) is 2.66. The Morgan fingerprint density at radius 1 is 1.21 bits per heavy atom. The molecule has 0 aliphatic heterocycles. The summed E-state index contributed by atoms with van der Waals surface area (Å²) >= 11 is 0. The monoisotopic (exact) mass is 325 g/mol. The third-order valence-electron chi connectivity index (χ3n) is 3.79. The van der Waals surface area contributed by atoms with E-state index in [4.69, 9.17) is 0 Å². The van der Waals surface area contributed by atoms with Crippen LogP contribution in [0, 0.1) is 19.7 Å². The van der Waals surface area contributed by atoms with E-state index < -0.39 is 5.91 Å². The zero-order chi connectivity index (χ0) is 17.3. The van der Waals surface area contributed by atoms with Crippen molar-refractivity contribution in [3.8, 4) is 11.4 Å². The Hall–Kier alpha value is -3.15. The predicted octanol–water partition coefficient (Wildman–Crippen LogP) is 3.59. The van der Waals surface area contributed by atoms with Crippen LogP contribution in [0.4, 0.5) is 10.2 Å². The van der Waals surface area contributed by atoms with Crippen LogP contribution in [0.25, 0.3) is 5.69 Å². The van der Waals surface area contributed by atoms with Crippen molar-refractivity contribution >= 4 is 11.7 Å². The van der Waals surface area contributed by atoms with Gasteiger partial charge in [0.2, 0.25) is 0 Å². The Labute approximate surface area is 138 Å². The predicted molar refractivity (Wildman–Crippen MR) is 89.1 cm³/mol. The normalized spacial score (nSPS) is 10.6. The average molecular weight is 325 g/mol. The number of rotatable bonds is 3. The Kier molecular flexibility index (Phi) is 4.04. The Morgan fingerprint density at radius 2 is 1.96 bits per heavy atom. The van der Waals surface area contributed by atoms with Gasteiger partial charge in [-0.25, -0.2) is 9.37 Å². The van der Waals surface area contributed by atoms with Gasteiger partial charge in [-0.1, -0.05) is 12.1 Å². The first-order valence-electron chi connectivity index (χ1n) is 7.38. The second kappa shape index (κ2) is 6.16. The first kappa shape index (κ1) is 15.7. The highest BCUT2D eigenvalue weighted by Gasteiger charge is 2.19. The lowest BCUT2D eigenvalue weighted by atomic mass is 10.2. The van der Waals surface area contributed by atoms with Gasteiger partial charge in [0.1, 0.15) is 5.82 Å². The number of para-hydroxylation sites is 1.